The van der Waals surface area contributed by atoms with Crippen LogP contribution in [0.5, 0.6) is 5.75 Å². The molecule has 2 atom stereocenters. The van der Waals surface area contributed by atoms with Crippen molar-refractivity contribution in [3.63, 3.8) is 0 Å². The molecule has 1 aliphatic rings. The molecular weight excluding hydrogens is 381 g/mol. The number of unbranched alkanes of at least 4 members (excludes halogenated alkanes) is 1. The summed E-state index contributed by atoms with van der Waals surface area (Å²) >= 11 is 1.72. The Balaban J connectivity index is 1.72. The molecule has 3 N–H and O–H groups in total. The van der Waals surface area contributed by atoms with Gasteiger partial charge < -0.3 is 15.4 Å². The van der Waals surface area contributed by atoms with Crippen LogP contribution in [0.2, 0.25) is 0 Å². The van der Waals surface area contributed by atoms with E-state index in [0.717, 1.165) is 12.2 Å². The van der Waals surface area contributed by atoms with Crippen LogP contribution in [0, 0.1) is 11.3 Å². The van der Waals surface area contributed by atoms with Crippen LogP contribution in [0.4, 0.5) is 13.2 Å². The van der Waals surface area contributed by atoms with E-state index >= 15 is 0 Å². The maximum atomic E-state index is 12.3. The highest BCUT2D eigenvalue weighted by Gasteiger charge is 2.31. The van der Waals surface area contributed by atoms with Crippen LogP contribution in [0.1, 0.15) is 18.4 Å². The Labute approximate surface area is 159 Å². The number of amides is 1. The Morgan fingerprint density at radius 2 is 2.19 bits per heavy atom. The molecule has 1 heterocycles. The number of benzene rings is 1. The van der Waals surface area contributed by atoms with Crippen molar-refractivity contribution in [2.45, 2.75) is 37.2 Å². The minimum absolute atomic E-state index is 0.0421. The van der Waals surface area contributed by atoms with E-state index in [0.29, 0.717) is 25.1 Å². The number of nitrogens with zero attached hydrogens (tertiary/aromatic N) is 1. The molecule has 1 saturated heterocycles. The number of carbonyl (C=O) groups excluding carboxylic acids is 1. The SMILES string of the molecule is N#CCCCSC1CNC(NC(=O)Cc2cccc(OC(F)(F)F)c2)CN1. The van der Waals surface area contributed by atoms with Gasteiger partial charge in [-0.1, -0.05) is 12.1 Å². The molecule has 1 aromatic carbocycles. The molecule has 6 nitrogen and oxygen atoms in total. The number of hydrogen-bond donors (Lipinski definition) is 3. The van der Waals surface area contributed by atoms with Gasteiger partial charge >= 0.3 is 6.36 Å². The molecule has 0 aromatic heterocycles. The molecule has 1 aromatic rings. The summed E-state index contributed by atoms with van der Waals surface area (Å²) in [5.74, 6) is 0.250. The van der Waals surface area contributed by atoms with Gasteiger partial charge in [0.2, 0.25) is 5.91 Å². The topological polar surface area (TPSA) is 86.2 Å². The number of thioether (sulfide) groups is 1. The van der Waals surface area contributed by atoms with Gasteiger partial charge in [-0.3, -0.25) is 10.1 Å². The smallest absolute Gasteiger partial charge is 0.406 e. The Bertz CT molecular complexity index is 658. The fourth-order valence-corrected chi connectivity index (χ4v) is 3.55. The molecule has 2 unspecified atom stereocenters. The summed E-state index contributed by atoms with van der Waals surface area (Å²) < 4.78 is 40.6. The van der Waals surface area contributed by atoms with Crippen LogP contribution in [0.15, 0.2) is 24.3 Å². The molecule has 0 radical (unpaired) electrons. The van der Waals surface area contributed by atoms with Gasteiger partial charge in [0.1, 0.15) is 5.75 Å². The van der Waals surface area contributed by atoms with Crippen LogP contribution in [0.3, 0.4) is 0 Å². The van der Waals surface area contributed by atoms with Crippen molar-refractivity contribution in [1.29, 1.82) is 5.26 Å². The average Bonchev–Trinajstić information content (AvgIpc) is 2.59. The highest BCUT2D eigenvalue weighted by atomic mass is 32.2. The molecule has 148 valence electrons. The lowest BCUT2D eigenvalue weighted by atomic mass is 10.1. The number of nitriles is 1. The van der Waals surface area contributed by atoms with E-state index < -0.39 is 6.36 Å². The number of piperazine rings is 1. The number of carbonyl (C=O) groups is 1. The first-order valence-electron chi connectivity index (χ1n) is 8.45. The molecule has 0 aliphatic carbocycles. The molecule has 1 aliphatic heterocycles. The average molecular weight is 402 g/mol. The predicted molar refractivity (Wildman–Crippen MR) is 95.9 cm³/mol. The third-order valence-corrected chi connectivity index (χ3v) is 4.94. The van der Waals surface area contributed by atoms with Crippen LogP contribution < -0.4 is 20.7 Å². The number of alkyl halides is 3. The molecule has 2 rings (SSSR count). The third kappa shape index (κ3) is 8.51. The van der Waals surface area contributed by atoms with Gasteiger partial charge in [-0.2, -0.15) is 5.26 Å². The number of rotatable bonds is 8. The minimum atomic E-state index is -4.76. The minimum Gasteiger partial charge on any atom is -0.406 e. The van der Waals surface area contributed by atoms with E-state index in [2.05, 4.69) is 26.8 Å². The number of halogens is 3. The molecule has 0 saturated carbocycles. The number of hydrogen-bond acceptors (Lipinski definition) is 6. The van der Waals surface area contributed by atoms with Crippen molar-refractivity contribution in [2.24, 2.45) is 0 Å². The van der Waals surface area contributed by atoms with Gasteiger partial charge in [-0.05, 0) is 29.9 Å². The first-order chi connectivity index (χ1) is 12.9. The zero-order valence-electron chi connectivity index (χ0n) is 14.5. The van der Waals surface area contributed by atoms with E-state index in [1.54, 1.807) is 17.8 Å². The summed E-state index contributed by atoms with van der Waals surface area (Å²) in [5, 5.41) is 18.1. The molecule has 0 bridgehead atoms. The Morgan fingerprint density at radius 1 is 1.37 bits per heavy atom. The van der Waals surface area contributed by atoms with Crippen LogP contribution >= 0.6 is 11.8 Å². The Hall–Kier alpha value is -1.96. The van der Waals surface area contributed by atoms with Crippen molar-refractivity contribution in [3.05, 3.63) is 29.8 Å². The van der Waals surface area contributed by atoms with Crippen molar-refractivity contribution in [1.82, 2.24) is 16.0 Å². The van der Waals surface area contributed by atoms with Crippen molar-refractivity contribution >= 4 is 17.7 Å². The number of ether oxygens (including phenoxy) is 1. The van der Waals surface area contributed by atoms with Crippen LogP contribution in [-0.4, -0.2) is 42.7 Å². The second-order valence-corrected chi connectivity index (χ2v) is 7.24. The monoisotopic (exact) mass is 402 g/mol. The van der Waals surface area contributed by atoms with Crippen LogP contribution in [0.25, 0.3) is 0 Å². The van der Waals surface area contributed by atoms with Gasteiger partial charge in [-0.15, -0.1) is 24.9 Å². The third-order valence-electron chi connectivity index (χ3n) is 3.68. The lowest BCUT2D eigenvalue weighted by molar-refractivity contribution is -0.274. The zero-order valence-corrected chi connectivity index (χ0v) is 15.3. The maximum absolute atomic E-state index is 12.3. The van der Waals surface area contributed by atoms with Crippen molar-refractivity contribution in [3.8, 4) is 11.8 Å². The standard InChI is InChI=1S/C17H21F3N4O2S/c18-17(19,20)26-13-5-3-4-12(8-13)9-15(25)24-14-10-23-16(11-22-14)27-7-2-1-6-21/h3-5,8,14,16,22-23H,1-2,7,9-11H2,(H,24,25). The summed E-state index contributed by atoms with van der Waals surface area (Å²) in [7, 11) is 0. The second kappa shape index (κ2) is 10.4. The summed E-state index contributed by atoms with van der Waals surface area (Å²) in [6, 6.07) is 7.49. The van der Waals surface area contributed by atoms with Gasteiger partial charge in [-0.25, -0.2) is 0 Å². The van der Waals surface area contributed by atoms with Gasteiger partial charge in [0.05, 0.1) is 24.0 Å². The fraction of sp³-hybridized carbons (Fsp3) is 0.529. The predicted octanol–water partition coefficient (Wildman–Crippen LogP) is 2.13. The second-order valence-electron chi connectivity index (χ2n) is 5.93. The normalized spacial score (nSPS) is 19.9. The maximum Gasteiger partial charge on any atom is 0.573 e. The largest absolute Gasteiger partial charge is 0.573 e. The summed E-state index contributed by atoms with van der Waals surface area (Å²) in [6.45, 7) is 1.20. The molecule has 1 fully saturated rings. The zero-order chi connectivity index (χ0) is 19.7. The molecule has 0 spiro atoms. The molecule has 1 amide bonds. The van der Waals surface area contributed by atoms with E-state index in [1.807, 2.05) is 0 Å². The summed E-state index contributed by atoms with van der Waals surface area (Å²) in [4.78, 5) is 12.1. The molecule has 27 heavy (non-hydrogen) atoms. The van der Waals surface area contributed by atoms with E-state index in [1.165, 1.54) is 18.2 Å². The lowest BCUT2D eigenvalue weighted by Gasteiger charge is -2.31. The van der Waals surface area contributed by atoms with Crippen molar-refractivity contribution < 1.29 is 22.7 Å². The van der Waals surface area contributed by atoms with Gasteiger partial charge in [0, 0.05) is 19.5 Å². The summed E-state index contributed by atoms with van der Waals surface area (Å²) in [5.41, 5.74) is 0.434. The van der Waals surface area contributed by atoms with Crippen molar-refractivity contribution in [2.75, 3.05) is 18.8 Å². The van der Waals surface area contributed by atoms with Gasteiger partial charge in [0.25, 0.3) is 0 Å². The molecule has 10 heteroatoms. The summed E-state index contributed by atoms with van der Waals surface area (Å²) in [6.07, 6.45) is -3.66. The molecular formula is C17H21F3N4O2S. The van der Waals surface area contributed by atoms with E-state index in [9.17, 15) is 18.0 Å². The Kier molecular flexibility index (Phi) is 8.22. The number of nitrogens with one attached hydrogen (secondary N) is 3. The highest BCUT2D eigenvalue weighted by molar-refractivity contribution is 7.99. The van der Waals surface area contributed by atoms with Gasteiger partial charge in [0.15, 0.2) is 0 Å². The van der Waals surface area contributed by atoms with Crippen LogP contribution in [-0.2, 0) is 11.2 Å². The highest BCUT2D eigenvalue weighted by Crippen LogP contribution is 2.23. The van der Waals surface area contributed by atoms with E-state index in [4.69, 9.17) is 5.26 Å². The Morgan fingerprint density at radius 3 is 2.85 bits per heavy atom. The quantitative estimate of drug-likeness (QED) is 0.578. The first kappa shape index (κ1) is 21.3. The fourth-order valence-electron chi connectivity index (χ4n) is 2.52. The first-order valence-corrected chi connectivity index (χ1v) is 9.50. The van der Waals surface area contributed by atoms with E-state index in [-0.39, 0.29) is 29.6 Å². The lowest BCUT2D eigenvalue weighted by Crippen LogP contribution is -2.60.